The molecule has 0 aromatic heterocycles. The fourth-order valence-electron chi connectivity index (χ4n) is 1.82. The van der Waals surface area contributed by atoms with Crippen molar-refractivity contribution in [2.45, 2.75) is 52.4 Å². The van der Waals surface area contributed by atoms with Gasteiger partial charge < -0.3 is 9.47 Å². The van der Waals surface area contributed by atoms with Crippen molar-refractivity contribution >= 4 is 11.9 Å². The molecule has 0 amide bonds. The van der Waals surface area contributed by atoms with E-state index in [1.807, 2.05) is 6.92 Å². The van der Waals surface area contributed by atoms with E-state index in [1.54, 1.807) is 4.90 Å². The summed E-state index contributed by atoms with van der Waals surface area (Å²) in [5, 5.41) is 0. The maximum Gasteiger partial charge on any atom is 0.320 e. The summed E-state index contributed by atoms with van der Waals surface area (Å²) < 4.78 is 9.74. The number of methoxy groups -OCH3 is 1. The molecule has 0 aromatic rings. The normalized spacial score (nSPS) is 10.6. The molecule has 0 heterocycles. The van der Waals surface area contributed by atoms with Gasteiger partial charge in [-0.2, -0.15) is 0 Å². The van der Waals surface area contributed by atoms with Crippen LogP contribution in [0.15, 0.2) is 0 Å². The van der Waals surface area contributed by atoms with Gasteiger partial charge in [-0.1, -0.05) is 46.0 Å². The van der Waals surface area contributed by atoms with Crippen LogP contribution in [0, 0.1) is 0 Å². The first-order valence-electron chi connectivity index (χ1n) is 7.58. The van der Waals surface area contributed by atoms with Crippen molar-refractivity contribution in [1.29, 1.82) is 0 Å². The quantitative estimate of drug-likeness (QED) is 0.407. The second kappa shape index (κ2) is 12.9. The molecule has 0 aromatic carbocycles. The van der Waals surface area contributed by atoms with Crippen molar-refractivity contribution in [2.24, 2.45) is 0 Å². The Morgan fingerprint density at radius 1 is 0.900 bits per heavy atom. The Kier molecular flexibility index (Phi) is 12.2. The van der Waals surface area contributed by atoms with Crippen LogP contribution in [-0.2, 0) is 19.1 Å². The topological polar surface area (TPSA) is 55.8 Å². The average molecular weight is 287 g/mol. The van der Waals surface area contributed by atoms with Gasteiger partial charge in [0.25, 0.3) is 0 Å². The molecule has 0 bridgehead atoms. The summed E-state index contributed by atoms with van der Waals surface area (Å²) in [5.41, 5.74) is 0. The van der Waals surface area contributed by atoms with Gasteiger partial charge in [-0.3, -0.25) is 14.5 Å². The zero-order chi connectivity index (χ0) is 15.2. The Hall–Kier alpha value is -1.10. The number of unbranched alkanes of at least 4 members (excludes halogenated alkanes) is 5. The molecule has 20 heavy (non-hydrogen) atoms. The van der Waals surface area contributed by atoms with E-state index in [0.29, 0.717) is 13.2 Å². The minimum absolute atomic E-state index is 0.124. The highest BCUT2D eigenvalue weighted by Gasteiger charge is 2.13. The Morgan fingerprint density at radius 2 is 1.50 bits per heavy atom. The Bertz CT molecular complexity index is 269. The van der Waals surface area contributed by atoms with Crippen molar-refractivity contribution in [1.82, 2.24) is 4.90 Å². The minimum atomic E-state index is -0.337. The minimum Gasteiger partial charge on any atom is -0.468 e. The summed E-state index contributed by atoms with van der Waals surface area (Å²) in [7, 11) is 1.34. The van der Waals surface area contributed by atoms with Crippen molar-refractivity contribution in [3.63, 3.8) is 0 Å². The van der Waals surface area contributed by atoms with Gasteiger partial charge in [0.05, 0.1) is 26.8 Å². The van der Waals surface area contributed by atoms with Crippen molar-refractivity contribution in [3.05, 3.63) is 0 Å². The third kappa shape index (κ3) is 10.8. The second-order valence-electron chi connectivity index (χ2n) is 4.87. The van der Waals surface area contributed by atoms with E-state index in [-0.39, 0.29) is 25.0 Å². The molecule has 0 radical (unpaired) electrons. The summed E-state index contributed by atoms with van der Waals surface area (Å²) in [4.78, 5) is 24.4. The van der Waals surface area contributed by atoms with Gasteiger partial charge in [-0.25, -0.2) is 0 Å². The van der Waals surface area contributed by atoms with Gasteiger partial charge in [0.2, 0.25) is 0 Å². The lowest BCUT2D eigenvalue weighted by atomic mass is 10.1. The number of hydrogen-bond donors (Lipinski definition) is 0. The third-order valence-corrected chi connectivity index (χ3v) is 3.14. The molecule has 0 saturated carbocycles. The van der Waals surface area contributed by atoms with Crippen LogP contribution in [0.5, 0.6) is 0 Å². The molecule has 0 aliphatic carbocycles. The predicted molar refractivity (Wildman–Crippen MR) is 78.5 cm³/mol. The highest BCUT2D eigenvalue weighted by Crippen LogP contribution is 2.05. The molecule has 0 rings (SSSR count). The van der Waals surface area contributed by atoms with E-state index in [0.717, 1.165) is 12.8 Å². The molecular weight excluding hydrogens is 258 g/mol. The number of rotatable bonds is 12. The molecule has 0 N–H and O–H groups in total. The lowest BCUT2D eigenvalue weighted by Gasteiger charge is -2.17. The molecule has 5 heteroatoms. The predicted octanol–water partition coefficient (Wildman–Crippen LogP) is 2.39. The Labute approximate surface area is 122 Å². The van der Waals surface area contributed by atoms with E-state index < -0.39 is 0 Å². The van der Waals surface area contributed by atoms with Crippen LogP contribution >= 0.6 is 0 Å². The molecule has 5 nitrogen and oxygen atoms in total. The smallest absolute Gasteiger partial charge is 0.320 e. The molecule has 0 aliphatic rings. The Balaban J connectivity index is 3.62. The van der Waals surface area contributed by atoms with E-state index in [2.05, 4.69) is 11.7 Å². The summed E-state index contributed by atoms with van der Waals surface area (Å²) in [6.07, 6.45) is 6.99. The summed E-state index contributed by atoms with van der Waals surface area (Å²) in [6, 6.07) is 0. The lowest BCUT2D eigenvalue weighted by Crippen LogP contribution is -2.35. The maximum atomic E-state index is 11.6. The first-order valence-corrected chi connectivity index (χ1v) is 7.58. The van der Waals surface area contributed by atoms with Crippen molar-refractivity contribution in [3.8, 4) is 0 Å². The van der Waals surface area contributed by atoms with E-state index >= 15 is 0 Å². The summed E-state index contributed by atoms with van der Waals surface area (Å²) >= 11 is 0. The van der Waals surface area contributed by atoms with E-state index in [9.17, 15) is 9.59 Å². The van der Waals surface area contributed by atoms with Gasteiger partial charge in [0.1, 0.15) is 0 Å². The van der Waals surface area contributed by atoms with Crippen LogP contribution in [0.1, 0.15) is 52.4 Å². The van der Waals surface area contributed by atoms with Gasteiger partial charge in [-0.05, 0) is 13.0 Å². The maximum absolute atomic E-state index is 11.6. The van der Waals surface area contributed by atoms with Crippen LogP contribution in [-0.4, -0.2) is 50.2 Å². The van der Waals surface area contributed by atoms with Crippen molar-refractivity contribution in [2.75, 3.05) is 33.4 Å². The second-order valence-corrected chi connectivity index (χ2v) is 4.87. The number of carbonyl (C=O) groups is 2. The number of carbonyl (C=O) groups excluding carboxylic acids is 2. The largest absolute Gasteiger partial charge is 0.468 e. The molecule has 0 aliphatic heterocycles. The number of ether oxygens (including phenoxy) is 2. The van der Waals surface area contributed by atoms with Gasteiger partial charge in [0, 0.05) is 0 Å². The van der Waals surface area contributed by atoms with Crippen LogP contribution in [0.25, 0.3) is 0 Å². The molecule has 0 unspecified atom stereocenters. The molecule has 0 fully saturated rings. The highest BCUT2D eigenvalue weighted by atomic mass is 16.5. The SMILES string of the molecule is CCCCCCCCOC(=O)CN(CC)CC(=O)OC. The highest BCUT2D eigenvalue weighted by molar-refractivity contribution is 5.74. The van der Waals surface area contributed by atoms with Crippen LogP contribution in [0.3, 0.4) is 0 Å². The number of likely N-dealkylation sites (N-methyl/N-ethyl adjacent to an activating group) is 1. The zero-order valence-electron chi connectivity index (χ0n) is 13.2. The third-order valence-electron chi connectivity index (χ3n) is 3.14. The molecule has 0 atom stereocenters. The van der Waals surface area contributed by atoms with Crippen molar-refractivity contribution < 1.29 is 19.1 Å². The number of hydrogen-bond acceptors (Lipinski definition) is 5. The van der Waals surface area contributed by atoms with Crippen LogP contribution < -0.4 is 0 Å². The first-order chi connectivity index (χ1) is 9.63. The van der Waals surface area contributed by atoms with E-state index in [1.165, 1.54) is 32.8 Å². The fourth-order valence-corrected chi connectivity index (χ4v) is 1.82. The summed E-state index contributed by atoms with van der Waals surface area (Å²) in [5.74, 6) is -0.611. The molecular formula is C15H29NO4. The van der Waals surface area contributed by atoms with Gasteiger partial charge in [0.15, 0.2) is 0 Å². The van der Waals surface area contributed by atoms with Crippen LogP contribution in [0.4, 0.5) is 0 Å². The fraction of sp³-hybridized carbons (Fsp3) is 0.867. The standard InChI is InChI=1S/C15H29NO4/c1-4-6-7-8-9-10-11-20-15(18)13-16(5-2)12-14(17)19-3/h4-13H2,1-3H3. The first kappa shape index (κ1) is 18.9. The lowest BCUT2D eigenvalue weighted by molar-refractivity contribution is -0.147. The Morgan fingerprint density at radius 3 is 2.10 bits per heavy atom. The number of nitrogens with zero attached hydrogens (tertiary/aromatic N) is 1. The van der Waals surface area contributed by atoms with Gasteiger partial charge >= 0.3 is 11.9 Å². The monoisotopic (exact) mass is 287 g/mol. The van der Waals surface area contributed by atoms with E-state index in [4.69, 9.17) is 4.74 Å². The molecule has 0 spiro atoms. The summed E-state index contributed by atoms with van der Waals surface area (Å²) in [6.45, 7) is 5.43. The average Bonchev–Trinajstić information content (AvgIpc) is 2.45. The molecule has 0 saturated heterocycles. The van der Waals surface area contributed by atoms with Gasteiger partial charge in [-0.15, -0.1) is 0 Å². The number of esters is 2. The zero-order valence-corrected chi connectivity index (χ0v) is 13.2. The van der Waals surface area contributed by atoms with Crippen LogP contribution in [0.2, 0.25) is 0 Å². The molecule has 118 valence electrons.